The van der Waals surface area contributed by atoms with Crippen molar-refractivity contribution in [3.63, 3.8) is 0 Å². The minimum atomic E-state index is -0.452. The van der Waals surface area contributed by atoms with Crippen LogP contribution in [-0.2, 0) is 0 Å². The monoisotopic (exact) mass is 172 g/mol. The highest BCUT2D eigenvalue weighted by atomic mass is 16.3. The predicted molar refractivity (Wildman–Crippen MR) is 54.2 cm³/mol. The normalized spacial score (nSPS) is 17.5. The van der Waals surface area contributed by atoms with Crippen molar-refractivity contribution in [3.05, 3.63) is 0 Å². The molecule has 0 aliphatic carbocycles. The zero-order valence-electron chi connectivity index (χ0n) is 9.28. The Bertz CT molecular complexity index is 109. The lowest BCUT2D eigenvalue weighted by molar-refractivity contribution is 0.0337. The van der Waals surface area contributed by atoms with Crippen molar-refractivity contribution >= 4 is 0 Å². The number of aliphatic hydroxyl groups is 1. The Kier molecular flexibility index (Phi) is 4.25. The molecule has 1 unspecified atom stereocenters. The van der Waals surface area contributed by atoms with Gasteiger partial charge in [-0.1, -0.05) is 34.1 Å². The molecule has 12 heavy (non-hydrogen) atoms. The van der Waals surface area contributed by atoms with Crippen LogP contribution < -0.4 is 0 Å². The number of rotatable bonds is 5. The van der Waals surface area contributed by atoms with E-state index in [0.29, 0.717) is 5.41 Å². The summed E-state index contributed by atoms with van der Waals surface area (Å²) < 4.78 is 0. The molecule has 0 saturated heterocycles. The third-order valence-corrected chi connectivity index (χ3v) is 3.06. The lowest BCUT2D eigenvalue weighted by Gasteiger charge is -2.28. The molecule has 74 valence electrons. The Hall–Kier alpha value is -0.0400. The smallest absolute Gasteiger partial charge is 0.0617 e. The standard InChI is InChI=1S/C11H24O/c1-6-10(3,4)8-9-11(5,12)7-2/h12H,6-9H2,1-5H3. The average Bonchev–Trinajstić information content (AvgIpc) is 2.02. The molecular formula is C11H24O. The van der Waals surface area contributed by atoms with Gasteiger partial charge in [-0.3, -0.25) is 0 Å². The van der Waals surface area contributed by atoms with Gasteiger partial charge in [-0.05, 0) is 31.6 Å². The van der Waals surface area contributed by atoms with E-state index in [0.717, 1.165) is 19.3 Å². The third kappa shape index (κ3) is 4.76. The molecule has 0 aromatic rings. The van der Waals surface area contributed by atoms with E-state index in [1.165, 1.54) is 6.42 Å². The summed E-state index contributed by atoms with van der Waals surface area (Å²) in [5.74, 6) is 0. The molecule has 0 amide bonds. The van der Waals surface area contributed by atoms with Crippen molar-refractivity contribution in [3.8, 4) is 0 Å². The summed E-state index contributed by atoms with van der Waals surface area (Å²) in [7, 11) is 0. The lowest BCUT2D eigenvalue weighted by Crippen LogP contribution is -2.25. The molecule has 0 fully saturated rings. The largest absolute Gasteiger partial charge is 0.390 e. The molecule has 1 heteroatoms. The van der Waals surface area contributed by atoms with Crippen LogP contribution in [0.5, 0.6) is 0 Å². The summed E-state index contributed by atoms with van der Waals surface area (Å²) in [6.07, 6.45) is 4.08. The first-order valence-electron chi connectivity index (χ1n) is 5.05. The zero-order chi connectivity index (χ0) is 9.83. The van der Waals surface area contributed by atoms with E-state index in [-0.39, 0.29) is 0 Å². The molecule has 0 aromatic heterocycles. The fourth-order valence-electron chi connectivity index (χ4n) is 0.961. The summed E-state index contributed by atoms with van der Waals surface area (Å²) in [6, 6.07) is 0. The van der Waals surface area contributed by atoms with Crippen molar-refractivity contribution in [2.45, 2.75) is 65.9 Å². The maximum atomic E-state index is 9.78. The van der Waals surface area contributed by atoms with E-state index in [4.69, 9.17) is 0 Å². The molecule has 0 aromatic carbocycles. The Labute approximate surface area is 77.2 Å². The maximum Gasteiger partial charge on any atom is 0.0617 e. The summed E-state index contributed by atoms with van der Waals surface area (Å²) in [6.45, 7) is 10.7. The van der Waals surface area contributed by atoms with Crippen LogP contribution in [0.1, 0.15) is 60.3 Å². The molecule has 0 heterocycles. The fourth-order valence-corrected chi connectivity index (χ4v) is 0.961. The molecule has 0 aliphatic rings. The van der Waals surface area contributed by atoms with Crippen LogP contribution in [0.2, 0.25) is 0 Å². The van der Waals surface area contributed by atoms with Crippen molar-refractivity contribution in [2.24, 2.45) is 5.41 Å². The van der Waals surface area contributed by atoms with Gasteiger partial charge in [-0.25, -0.2) is 0 Å². The second-order valence-electron chi connectivity index (χ2n) is 4.87. The Morgan fingerprint density at radius 1 is 0.917 bits per heavy atom. The quantitative estimate of drug-likeness (QED) is 0.674. The molecule has 1 atom stereocenters. The highest BCUT2D eigenvalue weighted by Gasteiger charge is 2.22. The predicted octanol–water partition coefficient (Wildman–Crippen LogP) is 3.36. The SMILES string of the molecule is CCC(C)(C)CCC(C)(O)CC. The van der Waals surface area contributed by atoms with E-state index >= 15 is 0 Å². The topological polar surface area (TPSA) is 20.2 Å². The summed E-state index contributed by atoms with van der Waals surface area (Å²) in [4.78, 5) is 0. The highest BCUT2D eigenvalue weighted by molar-refractivity contribution is 4.75. The molecule has 1 N–H and O–H groups in total. The fraction of sp³-hybridized carbons (Fsp3) is 1.00. The van der Waals surface area contributed by atoms with E-state index in [9.17, 15) is 5.11 Å². The van der Waals surface area contributed by atoms with Crippen LogP contribution in [-0.4, -0.2) is 10.7 Å². The number of hydrogen-bond acceptors (Lipinski definition) is 1. The van der Waals surface area contributed by atoms with Gasteiger partial charge in [0.15, 0.2) is 0 Å². The van der Waals surface area contributed by atoms with Crippen molar-refractivity contribution < 1.29 is 5.11 Å². The molecule has 1 nitrogen and oxygen atoms in total. The van der Waals surface area contributed by atoms with Crippen molar-refractivity contribution in [2.75, 3.05) is 0 Å². The van der Waals surface area contributed by atoms with Crippen LogP contribution in [0.4, 0.5) is 0 Å². The third-order valence-electron chi connectivity index (χ3n) is 3.06. The van der Waals surface area contributed by atoms with Gasteiger partial charge in [-0.2, -0.15) is 0 Å². The Morgan fingerprint density at radius 3 is 1.75 bits per heavy atom. The van der Waals surface area contributed by atoms with Gasteiger partial charge in [0.25, 0.3) is 0 Å². The van der Waals surface area contributed by atoms with Crippen LogP contribution >= 0.6 is 0 Å². The van der Waals surface area contributed by atoms with Gasteiger partial charge >= 0.3 is 0 Å². The molecule has 0 aliphatic heterocycles. The minimum Gasteiger partial charge on any atom is -0.390 e. The second-order valence-corrected chi connectivity index (χ2v) is 4.87. The van der Waals surface area contributed by atoms with Crippen molar-refractivity contribution in [1.29, 1.82) is 0 Å². The first-order chi connectivity index (χ1) is 5.33. The Balaban J connectivity index is 3.82. The van der Waals surface area contributed by atoms with E-state index in [1.807, 2.05) is 13.8 Å². The summed E-state index contributed by atoms with van der Waals surface area (Å²) >= 11 is 0. The zero-order valence-corrected chi connectivity index (χ0v) is 9.28. The van der Waals surface area contributed by atoms with Crippen LogP contribution in [0.25, 0.3) is 0 Å². The molecule has 0 saturated carbocycles. The van der Waals surface area contributed by atoms with Gasteiger partial charge in [-0.15, -0.1) is 0 Å². The minimum absolute atomic E-state index is 0.388. The Morgan fingerprint density at radius 2 is 1.42 bits per heavy atom. The van der Waals surface area contributed by atoms with Gasteiger partial charge in [0.2, 0.25) is 0 Å². The van der Waals surface area contributed by atoms with Crippen LogP contribution in [0, 0.1) is 5.41 Å². The van der Waals surface area contributed by atoms with E-state index in [1.54, 1.807) is 0 Å². The van der Waals surface area contributed by atoms with Gasteiger partial charge < -0.3 is 5.11 Å². The molecule has 0 spiro atoms. The first kappa shape index (κ1) is 12.0. The first-order valence-corrected chi connectivity index (χ1v) is 5.05. The molecular weight excluding hydrogens is 148 g/mol. The van der Waals surface area contributed by atoms with Gasteiger partial charge in [0, 0.05) is 0 Å². The highest BCUT2D eigenvalue weighted by Crippen LogP contribution is 2.30. The second kappa shape index (κ2) is 4.27. The van der Waals surface area contributed by atoms with Gasteiger partial charge in [0.1, 0.15) is 0 Å². The molecule has 0 radical (unpaired) electrons. The van der Waals surface area contributed by atoms with Crippen LogP contribution in [0.15, 0.2) is 0 Å². The molecule has 0 rings (SSSR count). The summed E-state index contributed by atoms with van der Waals surface area (Å²) in [5, 5.41) is 9.78. The van der Waals surface area contributed by atoms with Crippen molar-refractivity contribution in [1.82, 2.24) is 0 Å². The van der Waals surface area contributed by atoms with Crippen LogP contribution in [0.3, 0.4) is 0 Å². The van der Waals surface area contributed by atoms with Gasteiger partial charge in [0.05, 0.1) is 5.60 Å². The lowest BCUT2D eigenvalue weighted by atomic mass is 9.81. The van der Waals surface area contributed by atoms with E-state index < -0.39 is 5.60 Å². The number of hydrogen-bond donors (Lipinski definition) is 1. The van der Waals surface area contributed by atoms with E-state index in [2.05, 4.69) is 20.8 Å². The summed E-state index contributed by atoms with van der Waals surface area (Å²) in [5.41, 5.74) is -0.0639. The molecule has 0 bridgehead atoms. The average molecular weight is 172 g/mol. The maximum absolute atomic E-state index is 9.78.